The van der Waals surface area contributed by atoms with Crippen LogP contribution in [-0.4, -0.2) is 36.1 Å². The number of nitrogens with zero attached hydrogens (tertiary/aromatic N) is 3. The minimum atomic E-state index is -0.215. The third-order valence-electron chi connectivity index (χ3n) is 5.44. The summed E-state index contributed by atoms with van der Waals surface area (Å²) in [7, 11) is 0. The van der Waals surface area contributed by atoms with E-state index in [9.17, 15) is 9.59 Å². The quantitative estimate of drug-likeness (QED) is 0.473. The summed E-state index contributed by atoms with van der Waals surface area (Å²) in [5.74, 6) is 0.932. The molecular formula is C18H21N3O3. The highest BCUT2D eigenvalue weighted by Crippen LogP contribution is 2.52. The van der Waals surface area contributed by atoms with E-state index in [0.717, 1.165) is 30.4 Å². The van der Waals surface area contributed by atoms with Gasteiger partial charge >= 0.3 is 0 Å². The number of hydrazone groups is 1. The standard InChI is InChI=1S/C18H21N3O3/c1-3-20(4-2)14-8-7-13(24-14)10-19-21-17(22)15-11-5-6-12(9-11)16(15)18(21)23/h5-8,10-12,15-16H,3-4,9H2,1-2H3/b19-10-/t11-,12-,15-,16-/m0/s1. The predicted molar refractivity (Wildman–Crippen MR) is 89.4 cm³/mol. The van der Waals surface area contributed by atoms with E-state index in [0.29, 0.717) is 5.76 Å². The van der Waals surface area contributed by atoms with Gasteiger partial charge in [-0.05, 0) is 38.2 Å². The molecule has 3 aliphatic rings. The van der Waals surface area contributed by atoms with E-state index in [2.05, 4.69) is 36.0 Å². The molecule has 2 amide bonds. The van der Waals surface area contributed by atoms with Crippen molar-refractivity contribution in [2.45, 2.75) is 20.3 Å². The molecule has 1 aromatic rings. The first-order valence-corrected chi connectivity index (χ1v) is 8.59. The van der Waals surface area contributed by atoms with E-state index in [1.807, 2.05) is 6.07 Å². The smallest absolute Gasteiger partial charge is 0.254 e. The van der Waals surface area contributed by atoms with Gasteiger partial charge in [-0.15, -0.1) is 0 Å². The topological polar surface area (TPSA) is 66.1 Å². The van der Waals surface area contributed by atoms with Crippen molar-refractivity contribution in [3.05, 3.63) is 30.0 Å². The van der Waals surface area contributed by atoms with Crippen molar-refractivity contribution in [1.29, 1.82) is 0 Å². The van der Waals surface area contributed by atoms with Crippen LogP contribution in [0.25, 0.3) is 0 Å². The number of fused-ring (bicyclic) bond motifs is 5. The molecule has 1 aromatic heterocycles. The van der Waals surface area contributed by atoms with Crippen LogP contribution in [0.4, 0.5) is 5.88 Å². The van der Waals surface area contributed by atoms with Gasteiger partial charge in [0.2, 0.25) is 0 Å². The Morgan fingerprint density at radius 2 is 1.79 bits per heavy atom. The number of amides is 2. The van der Waals surface area contributed by atoms with Crippen LogP contribution in [0.2, 0.25) is 0 Å². The molecule has 1 saturated heterocycles. The molecule has 6 heteroatoms. The van der Waals surface area contributed by atoms with Crippen LogP contribution >= 0.6 is 0 Å². The van der Waals surface area contributed by atoms with Crippen molar-refractivity contribution in [1.82, 2.24) is 5.01 Å². The zero-order valence-corrected chi connectivity index (χ0v) is 13.9. The molecule has 2 aliphatic carbocycles. The van der Waals surface area contributed by atoms with Gasteiger partial charge in [0.25, 0.3) is 11.8 Å². The zero-order valence-electron chi connectivity index (χ0n) is 13.9. The van der Waals surface area contributed by atoms with E-state index >= 15 is 0 Å². The fraction of sp³-hybridized carbons (Fsp3) is 0.500. The molecule has 0 radical (unpaired) electrons. The lowest BCUT2D eigenvalue weighted by atomic mass is 9.85. The van der Waals surface area contributed by atoms with E-state index in [1.165, 1.54) is 6.21 Å². The van der Waals surface area contributed by atoms with Crippen LogP contribution in [0.3, 0.4) is 0 Å². The van der Waals surface area contributed by atoms with Gasteiger partial charge in [0.15, 0.2) is 5.88 Å². The maximum absolute atomic E-state index is 12.5. The molecule has 0 aromatic carbocycles. The lowest BCUT2D eigenvalue weighted by molar-refractivity contribution is -0.140. The summed E-state index contributed by atoms with van der Waals surface area (Å²) in [6.45, 7) is 5.82. The Hall–Kier alpha value is -2.37. The maximum Gasteiger partial charge on any atom is 0.254 e. The van der Waals surface area contributed by atoms with Crippen molar-refractivity contribution in [3.8, 4) is 0 Å². The van der Waals surface area contributed by atoms with Gasteiger partial charge in [0, 0.05) is 19.2 Å². The second kappa shape index (κ2) is 5.61. The lowest BCUT2D eigenvalue weighted by Gasteiger charge is -2.16. The van der Waals surface area contributed by atoms with Crippen molar-refractivity contribution >= 4 is 23.9 Å². The number of allylic oxidation sites excluding steroid dienone is 2. The molecule has 0 spiro atoms. The molecular weight excluding hydrogens is 306 g/mol. The Kier molecular flexibility index (Phi) is 3.55. The van der Waals surface area contributed by atoms with Crippen molar-refractivity contribution in [2.75, 3.05) is 18.0 Å². The fourth-order valence-corrected chi connectivity index (χ4v) is 4.23. The Labute approximate surface area is 140 Å². The fourth-order valence-electron chi connectivity index (χ4n) is 4.23. The number of carbonyl (C=O) groups excluding carboxylic acids is 2. The molecule has 2 bridgehead atoms. The zero-order chi connectivity index (χ0) is 16.8. The van der Waals surface area contributed by atoms with Crippen molar-refractivity contribution < 1.29 is 14.0 Å². The molecule has 0 N–H and O–H groups in total. The second-order valence-electron chi connectivity index (χ2n) is 6.58. The predicted octanol–water partition coefficient (Wildman–Crippen LogP) is 2.27. The highest BCUT2D eigenvalue weighted by Gasteiger charge is 2.59. The summed E-state index contributed by atoms with van der Waals surface area (Å²) in [5, 5.41) is 5.17. The number of hydrogen-bond donors (Lipinski definition) is 0. The molecule has 2 heterocycles. The Bertz CT molecular complexity index is 702. The summed E-state index contributed by atoms with van der Waals surface area (Å²) in [6, 6.07) is 3.68. The number of imide groups is 1. The van der Waals surface area contributed by atoms with E-state index in [-0.39, 0.29) is 35.5 Å². The van der Waals surface area contributed by atoms with Crippen LogP contribution in [0.1, 0.15) is 26.0 Å². The monoisotopic (exact) mass is 327 g/mol. The molecule has 24 heavy (non-hydrogen) atoms. The van der Waals surface area contributed by atoms with Gasteiger partial charge in [0.1, 0.15) is 5.76 Å². The summed E-state index contributed by atoms with van der Waals surface area (Å²) >= 11 is 0. The summed E-state index contributed by atoms with van der Waals surface area (Å²) in [6.07, 6.45) is 6.54. The average Bonchev–Trinajstić information content (AvgIpc) is 3.33. The average molecular weight is 327 g/mol. The molecule has 6 nitrogen and oxygen atoms in total. The van der Waals surface area contributed by atoms with Gasteiger partial charge in [-0.3, -0.25) is 9.59 Å². The lowest BCUT2D eigenvalue weighted by Crippen LogP contribution is -2.28. The van der Waals surface area contributed by atoms with Gasteiger partial charge in [-0.2, -0.15) is 10.1 Å². The van der Waals surface area contributed by atoms with Crippen LogP contribution < -0.4 is 4.90 Å². The van der Waals surface area contributed by atoms with Gasteiger partial charge < -0.3 is 9.32 Å². The highest BCUT2D eigenvalue weighted by molar-refractivity contribution is 6.06. The maximum atomic E-state index is 12.5. The third kappa shape index (κ3) is 2.12. The van der Waals surface area contributed by atoms with Crippen LogP contribution in [0, 0.1) is 23.7 Å². The number of anilines is 1. The largest absolute Gasteiger partial charge is 0.440 e. The Morgan fingerprint density at radius 3 is 2.38 bits per heavy atom. The van der Waals surface area contributed by atoms with E-state index in [4.69, 9.17) is 4.42 Å². The normalized spacial score (nSPS) is 30.8. The van der Waals surface area contributed by atoms with Crippen LogP contribution in [-0.2, 0) is 9.59 Å². The van der Waals surface area contributed by atoms with Gasteiger partial charge in [-0.1, -0.05) is 12.2 Å². The Morgan fingerprint density at radius 1 is 1.17 bits per heavy atom. The number of hydrogen-bond acceptors (Lipinski definition) is 5. The van der Waals surface area contributed by atoms with Crippen LogP contribution in [0.15, 0.2) is 33.8 Å². The van der Waals surface area contributed by atoms with E-state index in [1.54, 1.807) is 6.07 Å². The molecule has 0 unspecified atom stereocenters. The molecule has 126 valence electrons. The minimum absolute atomic E-state index is 0.173. The first-order valence-electron chi connectivity index (χ1n) is 8.59. The van der Waals surface area contributed by atoms with Gasteiger partial charge in [-0.25, -0.2) is 0 Å². The van der Waals surface area contributed by atoms with Crippen molar-refractivity contribution in [2.24, 2.45) is 28.8 Å². The molecule has 1 saturated carbocycles. The molecule has 2 fully saturated rings. The van der Waals surface area contributed by atoms with E-state index < -0.39 is 0 Å². The van der Waals surface area contributed by atoms with Gasteiger partial charge in [0.05, 0.1) is 18.1 Å². The molecule has 4 rings (SSSR count). The summed E-state index contributed by atoms with van der Waals surface area (Å²) in [5.41, 5.74) is 0. The van der Waals surface area contributed by atoms with Crippen molar-refractivity contribution in [3.63, 3.8) is 0 Å². The first-order chi connectivity index (χ1) is 11.6. The highest BCUT2D eigenvalue weighted by atomic mass is 16.4. The number of carbonyl (C=O) groups is 2. The molecule has 4 atom stereocenters. The number of rotatable bonds is 5. The third-order valence-corrected chi connectivity index (χ3v) is 5.44. The Balaban J connectivity index is 1.51. The molecule has 1 aliphatic heterocycles. The second-order valence-corrected chi connectivity index (χ2v) is 6.58. The number of furan rings is 1. The SMILES string of the molecule is CCN(CC)c1ccc(/C=N\N2C(=O)[C@@H]3[C@@H](C2=O)[C@H]2C=C[C@H]3C2)o1. The summed E-state index contributed by atoms with van der Waals surface area (Å²) in [4.78, 5) is 27.1. The minimum Gasteiger partial charge on any atom is -0.440 e. The first kappa shape index (κ1) is 15.2. The van der Waals surface area contributed by atoms with Crippen LogP contribution in [0.5, 0.6) is 0 Å². The summed E-state index contributed by atoms with van der Waals surface area (Å²) < 4.78 is 5.72.